The number of likely N-dealkylation sites (N-methyl/N-ethyl adjacent to an activating group) is 1. The van der Waals surface area contributed by atoms with Crippen LogP contribution in [0.1, 0.15) is 277 Å². The molecule has 426 valence electrons. The largest absolute Gasteiger partial charge is 0.472 e. The van der Waals surface area contributed by atoms with Crippen LogP contribution < -0.4 is 5.32 Å². The summed E-state index contributed by atoms with van der Waals surface area (Å²) in [5.74, 6) is -0.195. The number of rotatable bonds is 56. The summed E-state index contributed by atoms with van der Waals surface area (Å²) in [7, 11) is 1.55. The molecule has 0 aliphatic heterocycles. The molecule has 0 aromatic heterocycles. The molecule has 0 bridgehead atoms. The van der Waals surface area contributed by atoms with Crippen molar-refractivity contribution in [2.75, 3.05) is 40.9 Å². The lowest BCUT2D eigenvalue weighted by Crippen LogP contribution is -2.45. The molecule has 0 aromatic carbocycles. The van der Waals surface area contributed by atoms with Gasteiger partial charge in [0.25, 0.3) is 0 Å². The molecule has 73 heavy (non-hydrogen) atoms. The van der Waals surface area contributed by atoms with Crippen LogP contribution in [-0.2, 0) is 18.4 Å². The number of aliphatic hydroxyl groups excluding tert-OH is 1. The van der Waals surface area contributed by atoms with Crippen LogP contribution in [0.2, 0.25) is 0 Å². The average Bonchev–Trinajstić information content (AvgIpc) is 3.35. The van der Waals surface area contributed by atoms with Crippen LogP contribution in [0.15, 0.2) is 72.9 Å². The third kappa shape index (κ3) is 57.5. The third-order valence-corrected chi connectivity index (χ3v) is 14.7. The first kappa shape index (κ1) is 70.9. The van der Waals surface area contributed by atoms with E-state index in [4.69, 9.17) is 9.05 Å². The zero-order chi connectivity index (χ0) is 53.5. The maximum absolute atomic E-state index is 13.0. The third-order valence-electron chi connectivity index (χ3n) is 13.7. The number of hydrogen-bond acceptors (Lipinski definition) is 5. The van der Waals surface area contributed by atoms with Gasteiger partial charge in [-0.25, -0.2) is 4.57 Å². The summed E-state index contributed by atoms with van der Waals surface area (Å²) in [4.78, 5) is 23.3. The van der Waals surface area contributed by atoms with E-state index >= 15 is 0 Å². The number of phosphoric ester groups is 1. The molecule has 9 heteroatoms. The van der Waals surface area contributed by atoms with Crippen LogP contribution in [0.3, 0.4) is 0 Å². The quantitative estimate of drug-likeness (QED) is 0.0243. The fourth-order valence-electron chi connectivity index (χ4n) is 8.89. The molecule has 0 aromatic rings. The minimum atomic E-state index is -4.36. The fraction of sp³-hybridized carbons (Fsp3) is 0.797. The van der Waals surface area contributed by atoms with Crippen molar-refractivity contribution in [1.29, 1.82) is 0 Å². The van der Waals surface area contributed by atoms with Crippen LogP contribution in [0.25, 0.3) is 0 Å². The minimum Gasteiger partial charge on any atom is -0.387 e. The van der Waals surface area contributed by atoms with E-state index in [-0.39, 0.29) is 19.1 Å². The Balaban J connectivity index is 4.17. The number of phosphoric acid groups is 1. The highest BCUT2D eigenvalue weighted by Gasteiger charge is 2.27. The monoisotopic (exact) mass is 1040 g/mol. The van der Waals surface area contributed by atoms with Gasteiger partial charge in [0.2, 0.25) is 5.91 Å². The normalized spacial score (nSPS) is 14.3. The van der Waals surface area contributed by atoms with Crippen LogP contribution in [-0.4, -0.2) is 73.4 Å². The van der Waals surface area contributed by atoms with Crippen molar-refractivity contribution in [2.45, 2.75) is 289 Å². The first-order valence-electron chi connectivity index (χ1n) is 30.8. The van der Waals surface area contributed by atoms with Gasteiger partial charge in [0.15, 0.2) is 0 Å². The van der Waals surface area contributed by atoms with E-state index in [1.54, 1.807) is 6.08 Å². The zero-order valence-electron chi connectivity index (χ0n) is 48.6. The summed E-state index contributed by atoms with van der Waals surface area (Å²) >= 11 is 0. The van der Waals surface area contributed by atoms with Crippen molar-refractivity contribution >= 4 is 13.7 Å². The lowest BCUT2D eigenvalue weighted by Gasteiger charge is -2.25. The molecular formula is C64H120N2O6P+. The molecule has 3 N–H and O–H groups in total. The second kappa shape index (κ2) is 54.7. The molecule has 0 heterocycles. The number of aliphatic hydroxyl groups is 1. The first-order valence-corrected chi connectivity index (χ1v) is 32.3. The first-order chi connectivity index (χ1) is 35.5. The minimum absolute atomic E-state index is 0.0543. The topological polar surface area (TPSA) is 105 Å². The maximum atomic E-state index is 13.0. The van der Waals surface area contributed by atoms with E-state index in [1.807, 2.05) is 27.2 Å². The van der Waals surface area contributed by atoms with Crippen molar-refractivity contribution in [1.82, 2.24) is 5.32 Å². The van der Waals surface area contributed by atoms with Gasteiger partial charge in [-0.2, -0.15) is 0 Å². The zero-order valence-corrected chi connectivity index (χ0v) is 49.5. The molecule has 0 spiro atoms. The Morgan fingerprint density at radius 3 is 1.21 bits per heavy atom. The van der Waals surface area contributed by atoms with E-state index in [0.717, 1.165) is 89.9 Å². The summed E-state index contributed by atoms with van der Waals surface area (Å²) < 4.78 is 23.7. The molecule has 0 rings (SSSR count). The lowest BCUT2D eigenvalue weighted by molar-refractivity contribution is -0.870. The number of quaternary nitrogens is 1. The molecule has 3 unspecified atom stereocenters. The number of carbonyl (C=O) groups excluding carboxylic acids is 1. The van der Waals surface area contributed by atoms with Crippen molar-refractivity contribution in [2.24, 2.45) is 0 Å². The van der Waals surface area contributed by atoms with Gasteiger partial charge >= 0.3 is 7.82 Å². The van der Waals surface area contributed by atoms with Gasteiger partial charge in [0, 0.05) is 6.42 Å². The van der Waals surface area contributed by atoms with Crippen molar-refractivity contribution in [3.8, 4) is 0 Å². The fourth-order valence-corrected chi connectivity index (χ4v) is 9.63. The smallest absolute Gasteiger partial charge is 0.387 e. The lowest BCUT2D eigenvalue weighted by atomic mass is 10.0. The van der Waals surface area contributed by atoms with Gasteiger partial charge in [0.05, 0.1) is 39.9 Å². The van der Waals surface area contributed by atoms with E-state index in [9.17, 15) is 19.4 Å². The number of hydrogen-bond donors (Lipinski definition) is 3. The number of nitrogens with one attached hydrogen (secondary N) is 1. The molecule has 1 amide bonds. The van der Waals surface area contributed by atoms with Crippen LogP contribution in [0.5, 0.6) is 0 Å². The number of amides is 1. The van der Waals surface area contributed by atoms with Gasteiger partial charge in [-0.1, -0.05) is 279 Å². The molecule has 0 aliphatic carbocycles. The predicted molar refractivity (Wildman–Crippen MR) is 318 cm³/mol. The molecule has 0 saturated carbocycles. The van der Waals surface area contributed by atoms with Gasteiger partial charge in [-0.3, -0.25) is 13.8 Å². The van der Waals surface area contributed by atoms with E-state index in [0.29, 0.717) is 17.4 Å². The molecule has 8 nitrogen and oxygen atoms in total. The molecule has 0 aliphatic rings. The Labute approximate surface area is 453 Å². The van der Waals surface area contributed by atoms with Crippen LogP contribution in [0, 0.1) is 0 Å². The summed E-state index contributed by atoms with van der Waals surface area (Å²) in [5, 5.41) is 14.0. The standard InChI is InChI=1S/C64H119N2O6P/c1-6-8-10-12-14-16-18-20-22-24-26-28-29-30-31-32-33-34-35-36-38-39-41-43-45-47-49-51-53-55-57-63(67)62(61-72-73(69,70)71-60-59-66(3,4)5)65-64(68)58-56-54-52-50-48-46-44-42-40-37-27-25-23-21-19-17-15-13-11-9-7-2/h9,11,15,17,21,23,27,37,42,44,55,57,62-63,67H,6-8,10,12-14,16,18-20,22,24-26,28-36,38-41,43,45-54,56,58-61H2,1-5H3,(H-,65,68,69,70)/p+1/b11-9-,17-15-,23-21-,37-27-,44-42-,57-55+. The Kier molecular flexibility index (Phi) is 53.2. The summed E-state index contributed by atoms with van der Waals surface area (Å²) in [6, 6.07) is -0.863. The molecule has 0 radical (unpaired) electrons. The Bertz CT molecular complexity index is 1420. The van der Waals surface area contributed by atoms with Gasteiger partial charge in [-0.05, 0) is 64.2 Å². The van der Waals surface area contributed by atoms with Crippen molar-refractivity contribution < 1.29 is 32.9 Å². The maximum Gasteiger partial charge on any atom is 0.472 e. The Hall–Kier alpha value is -2.06. The van der Waals surface area contributed by atoms with Gasteiger partial charge in [-0.15, -0.1) is 0 Å². The van der Waals surface area contributed by atoms with E-state index in [1.165, 1.54) is 167 Å². The summed E-state index contributed by atoms with van der Waals surface area (Å²) in [6.07, 6.45) is 75.9. The second-order valence-electron chi connectivity index (χ2n) is 22.1. The van der Waals surface area contributed by atoms with Gasteiger partial charge < -0.3 is 19.8 Å². The van der Waals surface area contributed by atoms with Gasteiger partial charge in [0.1, 0.15) is 13.2 Å². The van der Waals surface area contributed by atoms with E-state index in [2.05, 4.69) is 79.9 Å². The Morgan fingerprint density at radius 1 is 0.479 bits per heavy atom. The molecular weight excluding hydrogens is 924 g/mol. The number of allylic oxidation sites excluding steroid dienone is 11. The SMILES string of the molecule is CC/C=C\C/C=C\C/C=C\C/C=C\C/C=C\CCCCCCCC(=O)NC(COP(=O)(O)OCC[N+](C)(C)C)C(O)/C=C/CCCCCCCCCCCCCCCCCCCCCCCCCCCCCC. The second-order valence-corrected chi connectivity index (χ2v) is 23.5. The highest BCUT2D eigenvalue weighted by atomic mass is 31.2. The number of carbonyl (C=O) groups is 1. The average molecular weight is 1040 g/mol. The molecule has 0 fully saturated rings. The number of nitrogens with zero attached hydrogens (tertiary/aromatic N) is 1. The van der Waals surface area contributed by atoms with Crippen molar-refractivity contribution in [3.05, 3.63) is 72.9 Å². The predicted octanol–water partition coefficient (Wildman–Crippen LogP) is 19.0. The molecule has 0 saturated heterocycles. The molecule has 3 atom stereocenters. The summed E-state index contributed by atoms with van der Waals surface area (Å²) in [6.45, 7) is 4.71. The van der Waals surface area contributed by atoms with Crippen molar-refractivity contribution in [3.63, 3.8) is 0 Å². The van der Waals surface area contributed by atoms with Crippen LogP contribution in [0.4, 0.5) is 0 Å². The summed E-state index contributed by atoms with van der Waals surface area (Å²) in [5.41, 5.74) is 0. The Morgan fingerprint density at radius 2 is 0.822 bits per heavy atom. The number of unbranched alkanes of at least 4 members (excludes halogenated alkanes) is 33. The van der Waals surface area contributed by atoms with Crippen LogP contribution >= 0.6 is 7.82 Å². The highest BCUT2D eigenvalue weighted by Crippen LogP contribution is 2.43. The highest BCUT2D eigenvalue weighted by molar-refractivity contribution is 7.47. The van der Waals surface area contributed by atoms with E-state index < -0.39 is 20.0 Å².